The molecule has 2 amide bonds. The molecule has 4 unspecified atom stereocenters. The highest BCUT2D eigenvalue weighted by atomic mass is 16.2. The summed E-state index contributed by atoms with van der Waals surface area (Å²) >= 11 is 0. The molecule has 0 aromatic heterocycles. The SMILES string of the molecule is C=C1C2CC3(C(=O)NC4CCC(CN)CC4)CC1CC(c1ccc(C(C)=C4C5CC6(C(=O)NC7CCC(CN)CC7)CC4CC(c4ccccc4)(C5)C6)cc1)(C2)C3. The van der Waals surface area contributed by atoms with Crippen LogP contribution < -0.4 is 22.1 Å². The average Bonchev–Trinajstić information content (AvgIpc) is 3.23. The van der Waals surface area contributed by atoms with E-state index >= 15 is 0 Å². The molecular weight excluding hydrogens is 701 g/mol. The second-order valence-corrected chi connectivity index (χ2v) is 21.3. The lowest BCUT2D eigenvalue weighted by Gasteiger charge is -2.63. The third-order valence-corrected chi connectivity index (χ3v) is 18.1. The number of carbonyl (C=O) groups is 2. The maximum atomic E-state index is 14.6. The summed E-state index contributed by atoms with van der Waals surface area (Å²) < 4.78 is 0. The van der Waals surface area contributed by atoms with Crippen LogP contribution in [0.25, 0.3) is 5.57 Å². The Hall–Kier alpha value is -3.22. The van der Waals surface area contributed by atoms with E-state index in [1.54, 1.807) is 5.57 Å². The minimum absolute atomic E-state index is 0.0368. The number of hydrogen-bond acceptors (Lipinski definition) is 4. The number of rotatable bonds is 9. The molecule has 10 saturated carbocycles. The fourth-order valence-corrected chi connectivity index (χ4v) is 15.5. The summed E-state index contributed by atoms with van der Waals surface area (Å²) in [5.41, 5.74) is 20.2. The van der Waals surface area contributed by atoms with Gasteiger partial charge in [-0.25, -0.2) is 0 Å². The van der Waals surface area contributed by atoms with Gasteiger partial charge in [0.05, 0.1) is 10.8 Å². The molecule has 57 heavy (non-hydrogen) atoms. The van der Waals surface area contributed by atoms with Crippen molar-refractivity contribution in [3.8, 4) is 0 Å². The Labute approximate surface area is 341 Å². The van der Waals surface area contributed by atoms with Crippen LogP contribution in [0.2, 0.25) is 0 Å². The minimum Gasteiger partial charge on any atom is -0.353 e. The van der Waals surface area contributed by atoms with Crippen LogP contribution in [0.4, 0.5) is 0 Å². The van der Waals surface area contributed by atoms with Crippen LogP contribution in [-0.2, 0) is 20.4 Å². The fraction of sp³-hybridized carbons (Fsp3) is 0.647. The van der Waals surface area contributed by atoms with Crippen molar-refractivity contribution < 1.29 is 9.59 Å². The van der Waals surface area contributed by atoms with Gasteiger partial charge >= 0.3 is 0 Å². The smallest absolute Gasteiger partial charge is 0.226 e. The van der Waals surface area contributed by atoms with Crippen LogP contribution in [-0.4, -0.2) is 37.0 Å². The number of hydrogen-bond donors (Lipinski definition) is 4. The van der Waals surface area contributed by atoms with Crippen molar-refractivity contribution in [2.75, 3.05) is 13.1 Å². The van der Waals surface area contributed by atoms with E-state index in [1.807, 2.05) is 0 Å². The minimum atomic E-state index is -0.297. The Balaban J connectivity index is 0.906. The van der Waals surface area contributed by atoms with Gasteiger partial charge in [0.2, 0.25) is 11.8 Å². The first-order valence-corrected chi connectivity index (χ1v) is 23.1. The number of carbonyl (C=O) groups excluding carboxylic acids is 2. The Morgan fingerprint density at radius 1 is 0.596 bits per heavy atom. The van der Waals surface area contributed by atoms with Gasteiger partial charge in [-0.3, -0.25) is 9.59 Å². The molecule has 0 saturated heterocycles. The summed E-state index contributed by atoms with van der Waals surface area (Å²) in [4.78, 5) is 28.9. The zero-order valence-electron chi connectivity index (χ0n) is 34.6. The maximum absolute atomic E-state index is 14.6. The van der Waals surface area contributed by atoms with Gasteiger partial charge in [-0.05, 0) is 204 Å². The summed E-state index contributed by atoms with van der Waals surface area (Å²) in [7, 11) is 0. The summed E-state index contributed by atoms with van der Waals surface area (Å²) in [6, 6.07) is 21.5. The third kappa shape index (κ3) is 6.32. The molecule has 4 atom stereocenters. The number of amides is 2. The predicted molar refractivity (Wildman–Crippen MR) is 229 cm³/mol. The highest BCUT2D eigenvalue weighted by Gasteiger charge is 2.64. The lowest BCUT2D eigenvalue weighted by atomic mass is 9.41. The molecule has 304 valence electrons. The zero-order valence-corrected chi connectivity index (χ0v) is 34.6. The lowest BCUT2D eigenvalue weighted by Crippen LogP contribution is -2.61. The molecule has 0 spiro atoms. The Bertz CT molecular complexity index is 1880. The molecule has 0 aliphatic heterocycles. The molecule has 12 rings (SSSR count). The van der Waals surface area contributed by atoms with Gasteiger partial charge in [0.1, 0.15) is 0 Å². The number of allylic oxidation sites excluding steroid dienone is 3. The highest BCUT2D eigenvalue weighted by Crippen LogP contribution is 2.69. The van der Waals surface area contributed by atoms with E-state index in [-0.39, 0.29) is 27.7 Å². The van der Waals surface area contributed by atoms with Gasteiger partial charge in [0.25, 0.3) is 0 Å². The van der Waals surface area contributed by atoms with Gasteiger partial charge in [0.15, 0.2) is 0 Å². The molecular formula is C51H68N4O2. The zero-order chi connectivity index (χ0) is 39.2. The summed E-state index contributed by atoms with van der Waals surface area (Å²) in [5.74, 6) is 3.58. The maximum Gasteiger partial charge on any atom is 0.226 e. The molecule has 0 radical (unpaired) electrons. The van der Waals surface area contributed by atoms with Gasteiger partial charge in [0, 0.05) is 12.1 Å². The van der Waals surface area contributed by atoms with Crippen LogP contribution >= 0.6 is 0 Å². The van der Waals surface area contributed by atoms with E-state index in [1.165, 1.54) is 27.8 Å². The van der Waals surface area contributed by atoms with E-state index < -0.39 is 0 Å². The first kappa shape index (κ1) is 38.0. The summed E-state index contributed by atoms with van der Waals surface area (Å²) in [6.07, 6.45) is 19.1. The summed E-state index contributed by atoms with van der Waals surface area (Å²) in [6.45, 7) is 8.53. The van der Waals surface area contributed by atoms with Gasteiger partial charge in [-0.1, -0.05) is 72.3 Å². The first-order valence-electron chi connectivity index (χ1n) is 23.1. The van der Waals surface area contributed by atoms with E-state index in [2.05, 4.69) is 78.7 Å². The van der Waals surface area contributed by atoms with Crippen molar-refractivity contribution in [3.63, 3.8) is 0 Å². The largest absolute Gasteiger partial charge is 0.353 e. The fourth-order valence-electron chi connectivity index (χ4n) is 15.5. The molecule has 6 nitrogen and oxygen atoms in total. The van der Waals surface area contributed by atoms with Crippen LogP contribution in [0.15, 0.2) is 72.3 Å². The van der Waals surface area contributed by atoms with Crippen LogP contribution in [0.3, 0.4) is 0 Å². The molecule has 6 heteroatoms. The van der Waals surface area contributed by atoms with Gasteiger partial charge in [-0.2, -0.15) is 0 Å². The molecule has 2 aromatic rings. The monoisotopic (exact) mass is 769 g/mol. The summed E-state index contributed by atoms with van der Waals surface area (Å²) in [5, 5.41) is 7.22. The standard InChI is InChI=1S/C51H68N4O2/c1-32-37-20-48(21-38(32)23-50(22-37,30-48)46(56)54-43-16-8-34(28-52)9-17-43)42-14-12-36(13-15-42)33(2)45-39-24-49(41-6-4-3-5-7-41)25-40(45)27-51(26-39,31-49)47(57)55-44-18-10-35(29-53)11-19-44/h3-7,12-15,34-35,37-40,43-44H,1,8-11,16-31,52-53H2,2H3,(H,54,56)(H,55,57). The Morgan fingerprint density at radius 3 is 1.47 bits per heavy atom. The van der Waals surface area contributed by atoms with Crippen molar-refractivity contribution in [1.82, 2.24) is 10.6 Å². The Morgan fingerprint density at radius 2 is 1.02 bits per heavy atom. The van der Waals surface area contributed by atoms with Gasteiger partial charge in [-0.15, -0.1) is 0 Å². The molecule has 6 N–H and O–H groups in total. The van der Waals surface area contributed by atoms with Crippen LogP contribution in [0.1, 0.15) is 139 Å². The molecule has 10 aliphatic carbocycles. The Kier molecular flexibility index (Phi) is 9.48. The predicted octanol–water partition coefficient (Wildman–Crippen LogP) is 8.88. The normalized spacial score (nSPS) is 41.6. The molecule has 10 fully saturated rings. The highest BCUT2D eigenvalue weighted by molar-refractivity contribution is 5.85. The van der Waals surface area contributed by atoms with Crippen molar-refractivity contribution in [2.24, 2.45) is 57.8 Å². The van der Waals surface area contributed by atoms with Crippen molar-refractivity contribution >= 4 is 17.4 Å². The first-order chi connectivity index (χ1) is 27.6. The van der Waals surface area contributed by atoms with Crippen LogP contribution in [0.5, 0.6) is 0 Å². The van der Waals surface area contributed by atoms with E-state index in [9.17, 15) is 9.59 Å². The number of nitrogens with two attached hydrogens (primary N) is 2. The second-order valence-electron chi connectivity index (χ2n) is 21.3. The molecule has 2 aromatic carbocycles. The van der Waals surface area contributed by atoms with E-state index in [0.29, 0.717) is 53.4 Å². The second kappa shape index (κ2) is 14.2. The van der Waals surface area contributed by atoms with Crippen molar-refractivity contribution in [2.45, 2.75) is 145 Å². The van der Waals surface area contributed by atoms with E-state index in [0.717, 1.165) is 129 Å². The number of benzene rings is 2. The lowest BCUT2D eigenvalue weighted by molar-refractivity contribution is -0.145. The topological polar surface area (TPSA) is 110 Å². The quantitative estimate of drug-likeness (QED) is 0.191. The number of nitrogens with one attached hydrogen (secondary N) is 2. The van der Waals surface area contributed by atoms with Crippen molar-refractivity contribution in [3.05, 3.63) is 89.0 Å². The molecule has 10 aliphatic rings. The van der Waals surface area contributed by atoms with Crippen LogP contribution in [0, 0.1) is 46.3 Å². The third-order valence-electron chi connectivity index (χ3n) is 18.1. The van der Waals surface area contributed by atoms with Gasteiger partial charge < -0.3 is 22.1 Å². The van der Waals surface area contributed by atoms with E-state index in [4.69, 9.17) is 11.5 Å². The van der Waals surface area contributed by atoms with Crippen molar-refractivity contribution in [1.29, 1.82) is 0 Å². The molecule has 8 bridgehead atoms. The molecule has 0 heterocycles. The average molecular weight is 769 g/mol.